The van der Waals surface area contributed by atoms with Crippen molar-refractivity contribution in [3.8, 4) is 0 Å². The Kier molecular flexibility index (Phi) is 5.47. The number of nitrogen functional groups attached to an aromatic ring is 1. The minimum absolute atomic E-state index is 0.0685. The Morgan fingerprint density at radius 1 is 1.03 bits per heavy atom. The molecule has 1 aliphatic heterocycles. The highest BCUT2D eigenvalue weighted by Gasteiger charge is 2.35. The summed E-state index contributed by atoms with van der Waals surface area (Å²) in [4.78, 5) is 31.4. The number of carbonyl (C=O) groups is 2. The molecule has 0 saturated heterocycles. The third-order valence-electron chi connectivity index (χ3n) is 6.27. The first-order chi connectivity index (χ1) is 16.4. The van der Waals surface area contributed by atoms with Gasteiger partial charge in [0.15, 0.2) is 0 Å². The van der Waals surface area contributed by atoms with Crippen molar-refractivity contribution in [1.29, 1.82) is 0 Å². The average Bonchev–Trinajstić information content (AvgIpc) is 3.45. The normalized spacial score (nSPS) is 15.2. The lowest BCUT2D eigenvalue weighted by atomic mass is 9.95. The number of hydrogen-bond donors (Lipinski definition) is 3. The highest BCUT2D eigenvalue weighted by Crippen LogP contribution is 2.38. The minimum atomic E-state index is -0.405. The van der Waals surface area contributed by atoms with Gasteiger partial charge in [-0.1, -0.05) is 24.3 Å². The maximum Gasteiger partial charge on any atom is 0.259 e. The first-order valence-electron chi connectivity index (χ1n) is 11.1. The fourth-order valence-electron chi connectivity index (χ4n) is 4.74. The molecule has 4 N–H and O–H groups in total. The Bertz CT molecular complexity index is 1460. The Morgan fingerprint density at radius 2 is 1.76 bits per heavy atom. The molecular formula is C26H27N5O3. The molecule has 2 amide bonds. The van der Waals surface area contributed by atoms with Crippen LogP contribution in [0, 0.1) is 0 Å². The van der Waals surface area contributed by atoms with Crippen molar-refractivity contribution < 1.29 is 14.3 Å². The van der Waals surface area contributed by atoms with E-state index in [1.807, 2.05) is 62.8 Å². The van der Waals surface area contributed by atoms with Crippen molar-refractivity contribution in [2.24, 2.45) is 0 Å². The smallest absolute Gasteiger partial charge is 0.259 e. The van der Waals surface area contributed by atoms with Crippen LogP contribution >= 0.6 is 0 Å². The van der Waals surface area contributed by atoms with Gasteiger partial charge in [0.1, 0.15) is 0 Å². The summed E-state index contributed by atoms with van der Waals surface area (Å²) in [5, 5.41) is 4.24. The number of nitrogens with one attached hydrogen (secondary N) is 2. The predicted octanol–water partition coefficient (Wildman–Crippen LogP) is 2.85. The number of likely N-dealkylation sites (N-methyl/N-ethyl adjacent to an activating group) is 1. The molecule has 0 saturated carbocycles. The Labute approximate surface area is 197 Å². The number of aromatic nitrogens is 2. The van der Waals surface area contributed by atoms with E-state index in [2.05, 4.69) is 19.8 Å². The van der Waals surface area contributed by atoms with Crippen LogP contribution in [0.1, 0.15) is 11.1 Å². The van der Waals surface area contributed by atoms with Crippen molar-refractivity contribution in [2.45, 2.75) is 12.6 Å². The molecule has 1 aliphatic rings. The highest BCUT2D eigenvalue weighted by atomic mass is 16.5. The van der Waals surface area contributed by atoms with E-state index in [1.54, 1.807) is 13.3 Å². The molecule has 4 aromatic rings. The van der Waals surface area contributed by atoms with Crippen LogP contribution in [0.25, 0.3) is 33.0 Å². The Morgan fingerprint density at radius 3 is 2.50 bits per heavy atom. The first kappa shape index (κ1) is 21.9. The molecule has 0 bridgehead atoms. The minimum Gasteiger partial charge on any atom is -0.399 e. The van der Waals surface area contributed by atoms with Gasteiger partial charge < -0.3 is 24.9 Å². The summed E-state index contributed by atoms with van der Waals surface area (Å²) in [6, 6.07) is 13.3. The lowest BCUT2D eigenvalue weighted by Gasteiger charge is -2.20. The number of aromatic amines is 1. The zero-order valence-corrected chi connectivity index (χ0v) is 19.4. The van der Waals surface area contributed by atoms with E-state index in [4.69, 9.17) is 10.5 Å². The number of amides is 2. The maximum atomic E-state index is 13.1. The van der Waals surface area contributed by atoms with Crippen LogP contribution in [0.15, 0.2) is 54.9 Å². The first-order valence-corrected chi connectivity index (χ1v) is 11.1. The van der Waals surface area contributed by atoms with E-state index >= 15 is 0 Å². The summed E-state index contributed by atoms with van der Waals surface area (Å²) < 4.78 is 7.75. The number of methoxy groups -OCH3 is 1. The molecule has 174 valence electrons. The zero-order valence-electron chi connectivity index (χ0n) is 19.4. The topological polar surface area (TPSA) is 105 Å². The molecule has 0 radical (unpaired) electrons. The van der Waals surface area contributed by atoms with Gasteiger partial charge in [0, 0.05) is 59.2 Å². The van der Waals surface area contributed by atoms with Crippen molar-refractivity contribution in [3.63, 3.8) is 0 Å². The number of H-pyrrole nitrogens is 1. The molecule has 0 spiro atoms. The number of ether oxygens (including phenoxy) is 1. The second-order valence-electron chi connectivity index (χ2n) is 8.87. The van der Waals surface area contributed by atoms with Crippen LogP contribution in [-0.4, -0.2) is 60.1 Å². The van der Waals surface area contributed by atoms with Crippen LogP contribution in [0.3, 0.4) is 0 Å². The molecule has 8 nitrogen and oxygen atoms in total. The van der Waals surface area contributed by atoms with Gasteiger partial charge in [-0.25, -0.2) is 0 Å². The third-order valence-corrected chi connectivity index (χ3v) is 6.27. The van der Waals surface area contributed by atoms with E-state index < -0.39 is 11.8 Å². The number of imide groups is 1. The van der Waals surface area contributed by atoms with Crippen LogP contribution in [0.2, 0.25) is 0 Å². The summed E-state index contributed by atoms with van der Waals surface area (Å²) in [6.45, 7) is 1.30. The van der Waals surface area contributed by atoms with Crippen LogP contribution in [-0.2, 0) is 20.9 Å². The average molecular weight is 458 g/mol. The summed E-state index contributed by atoms with van der Waals surface area (Å²) in [6.07, 6.45) is 3.64. The van der Waals surface area contributed by atoms with E-state index in [9.17, 15) is 9.59 Å². The van der Waals surface area contributed by atoms with E-state index in [0.29, 0.717) is 34.5 Å². The fourth-order valence-corrected chi connectivity index (χ4v) is 4.74. The van der Waals surface area contributed by atoms with Crippen molar-refractivity contribution >= 4 is 50.5 Å². The molecule has 34 heavy (non-hydrogen) atoms. The Balaban J connectivity index is 1.72. The van der Waals surface area contributed by atoms with Crippen molar-refractivity contribution in [2.75, 3.05) is 33.5 Å². The SMILES string of the molecule is COC(CN(C)C)Cn1cc(C2=C(c3c[nH]c4ccccc34)C(=O)NC2=O)c2ccc(N)cc21. The van der Waals surface area contributed by atoms with E-state index in [1.165, 1.54) is 0 Å². The molecule has 5 rings (SSSR count). The standard InChI is InChI=1S/C26H27N5O3/c1-30(2)12-16(34-3)13-31-14-20(18-9-8-15(27)10-22(18)31)24-23(25(32)29-26(24)33)19-11-28-21-7-5-4-6-17(19)21/h4-11,14,16,28H,12-13,27H2,1-3H3,(H,29,32,33). The lowest BCUT2D eigenvalue weighted by Crippen LogP contribution is -2.31. The van der Waals surface area contributed by atoms with E-state index in [-0.39, 0.29) is 6.10 Å². The van der Waals surface area contributed by atoms with Crippen LogP contribution in [0.4, 0.5) is 5.69 Å². The zero-order chi connectivity index (χ0) is 24.0. The third kappa shape index (κ3) is 3.67. The van der Waals surface area contributed by atoms with Gasteiger partial charge in [0.25, 0.3) is 11.8 Å². The quantitative estimate of drug-likeness (QED) is 0.292. The predicted molar refractivity (Wildman–Crippen MR) is 134 cm³/mol. The monoisotopic (exact) mass is 457 g/mol. The lowest BCUT2D eigenvalue weighted by molar-refractivity contribution is -0.122. The van der Waals surface area contributed by atoms with Gasteiger partial charge in [-0.15, -0.1) is 0 Å². The number of nitrogens with zero attached hydrogens (tertiary/aromatic N) is 2. The maximum absolute atomic E-state index is 13.1. The van der Waals surface area contributed by atoms with Gasteiger partial charge >= 0.3 is 0 Å². The number of benzene rings is 2. The summed E-state index contributed by atoms with van der Waals surface area (Å²) in [5.41, 5.74) is 10.7. The van der Waals surface area contributed by atoms with E-state index in [0.717, 1.165) is 28.4 Å². The molecule has 1 atom stereocenters. The number of para-hydroxylation sites is 1. The number of rotatable bonds is 7. The summed E-state index contributed by atoms with van der Waals surface area (Å²) >= 11 is 0. The number of carbonyl (C=O) groups excluding carboxylic acids is 2. The molecule has 0 fully saturated rings. The molecule has 2 aromatic heterocycles. The molecule has 2 aromatic carbocycles. The van der Waals surface area contributed by atoms with Gasteiger partial charge in [-0.05, 0) is 32.3 Å². The molecule has 8 heteroatoms. The van der Waals surface area contributed by atoms with Gasteiger partial charge in [-0.2, -0.15) is 0 Å². The number of hydrogen-bond acceptors (Lipinski definition) is 5. The van der Waals surface area contributed by atoms with Crippen LogP contribution in [0.5, 0.6) is 0 Å². The highest BCUT2D eigenvalue weighted by molar-refractivity contribution is 6.50. The molecular weight excluding hydrogens is 430 g/mol. The Hall–Kier alpha value is -3.88. The molecule has 3 heterocycles. The molecule has 0 aliphatic carbocycles. The summed E-state index contributed by atoms with van der Waals surface area (Å²) in [7, 11) is 5.68. The summed E-state index contributed by atoms with van der Waals surface area (Å²) in [5.74, 6) is -0.804. The van der Waals surface area contributed by atoms with Gasteiger partial charge in [0.05, 0.1) is 29.3 Å². The number of anilines is 1. The van der Waals surface area contributed by atoms with Gasteiger partial charge in [-0.3, -0.25) is 14.9 Å². The molecule has 1 unspecified atom stereocenters. The second kappa shape index (κ2) is 8.48. The second-order valence-corrected chi connectivity index (χ2v) is 8.87. The fraction of sp³-hybridized carbons (Fsp3) is 0.231. The number of nitrogens with two attached hydrogens (primary N) is 1. The largest absolute Gasteiger partial charge is 0.399 e. The van der Waals surface area contributed by atoms with Crippen LogP contribution < -0.4 is 11.1 Å². The van der Waals surface area contributed by atoms with Gasteiger partial charge in [0.2, 0.25) is 0 Å². The van der Waals surface area contributed by atoms with Crippen molar-refractivity contribution in [1.82, 2.24) is 19.8 Å². The number of fused-ring (bicyclic) bond motifs is 2. The van der Waals surface area contributed by atoms with Crippen molar-refractivity contribution in [3.05, 3.63) is 66.0 Å².